The standard InChI is InChI=1S/C22H22N2O4/c1-15(23-22(26)28-14-16-8-4-3-5-9-16)21(25)24-18-12-17-10-6-7-11-19(17)20(13-18)27-2/h3-13,15H,14H2,1-2H3,(H,23,26)(H,24,25)/t15-/m0/s1. The lowest BCUT2D eigenvalue weighted by Crippen LogP contribution is -2.41. The van der Waals surface area contributed by atoms with E-state index in [1.807, 2.05) is 60.7 Å². The highest BCUT2D eigenvalue weighted by Gasteiger charge is 2.17. The van der Waals surface area contributed by atoms with Crippen LogP contribution in [0.5, 0.6) is 5.75 Å². The molecule has 3 aromatic rings. The molecule has 3 rings (SSSR count). The highest BCUT2D eigenvalue weighted by Crippen LogP contribution is 2.29. The highest BCUT2D eigenvalue weighted by molar-refractivity contribution is 5.99. The van der Waals surface area contributed by atoms with Gasteiger partial charge in [0.05, 0.1) is 7.11 Å². The average Bonchev–Trinajstić information content (AvgIpc) is 2.72. The van der Waals surface area contributed by atoms with Crippen LogP contribution in [-0.4, -0.2) is 25.2 Å². The summed E-state index contributed by atoms with van der Waals surface area (Å²) >= 11 is 0. The fraction of sp³-hybridized carbons (Fsp3) is 0.182. The molecule has 0 spiro atoms. The SMILES string of the molecule is COc1cc(NC(=O)[C@H](C)NC(=O)OCc2ccccc2)cc2ccccc12. The number of anilines is 1. The van der Waals surface area contributed by atoms with Gasteiger partial charge in [0, 0.05) is 17.1 Å². The third-order valence-corrected chi connectivity index (χ3v) is 4.25. The second-order valence-corrected chi connectivity index (χ2v) is 6.32. The molecule has 6 heteroatoms. The van der Waals surface area contributed by atoms with Crippen molar-refractivity contribution in [2.24, 2.45) is 0 Å². The van der Waals surface area contributed by atoms with E-state index < -0.39 is 12.1 Å². The van der Waals surface area contributed by atoms with Crippen molar-refractivity contribution in [1.29, 1.82) is 0 Å². The maximum Gasteiger partial charge on any atom is 0.408 e. The van der Waals surface area contributed by atoms with E-state index in [1.54, 1.807) is 20.1 Å². The lowest BCUT2D eigenvalue weighted by molar-refractivity contribution is -0.117. The summed E-state index contributed by atoms with van der Waals surface area (Å²) in [6.07, 6.45) is -0.650. The Hall–Kier alpha value is -3.54. The zero-order chi connectivity index (χ0) is 19.9. The van der Waals surface area contributed by atoms with Crippen LogP contribution < -0.4 is 15.4 Å². The molecule has 0 aliphatic rings. The first kappa shape index (κ1) is 19.2. The number of alkyl carbamates (subject to hydrolysis) is 1. The molecule has 0 saturated heterocycles. The molecule has 6 nitrogen and oxygen atoms in total. The highest BCUT2D eigenvalue weighted by atomic mass is 16.5. The van der Waals surface area contributed by atoms with Gasteiger partial charge in [-0.15, -0.1) is 0 Å². The minimum atomic E-state index is -0.763. The van der Waals surface area contributed by atoms with Crippen molar-refractivity contribution in [3.8, 4) is 5.75 Å². The molecule has 0 aliphatic carbocycles. The summed E-state index contributed by atoms with van der Waals surface area (Å²) in [5.74, 6) is 0.310. The predicted molar refractivity (Wildman–Crippen MR) is 108 cm³/mol. The molecule has 1 atom stereocenters. The van der Waals surface area contributed by atoms with Crippen molar-refractivity contribution in [2.45, 2.75) is 19.6 Å². The minimum Gasteiger partial charge on any atom is -0.496 e. The summed E-state index contributed by atoms with van der Waals surface area (Å²) < 4.78 is 10.6. The number of ether oxygens (including phenoxy) is 2. The summed E-state index contributed by atoms with van der Waals surface area (Å²) in [7, 11) is 1.58. The van der Waals surface area contributed by atoms with Gasteiger partial charge in [0.2, 0.25) is 5.91 Å². The van der Waals surface area contributed by atoms with E-state index >= 15 is 0 Å². The molecule has 28 heavy (non-hydrogen) atoms. The Balaban J connectivity index is 1.59. The average molecular weight is 378 g/mol. The fourth-order valence-corrected chi connectivity index (χ4v) is 2.77. The predicted octanol–water partition coefficient (Wildman–Crippen LogP) is 4.10. The van der Waals surface area contributed by atoms with Crippen molar-refractivity contribution in [3.63, 3.8) is 0 Å². The van der Waals surface area contributed by atoms with E-state index in [0.717, 1.165) is 16.3 Å². The molecule has 0 aromatic heterocycles. The Labute approximate surface area is 163 Å². The Morgan fingerprint density at radius 1 is 1.00 bits per heavy atom. The van der Waals surface area contributed by atoms with Crippen LogP contribution in [0.4, 0.5) is 10.5 Å². The van der Waals surface area contributed by atoms with Crippen LogP contribution >= 0.6 is 0 Å². The third-order valence-electron chi connectivity index (χ3n) is 4.25. The van der Waals surface area contributed by atoms with Gasteiger partial charge in [-0.25, -0.2) is 4.79 Å². The van der Waals surface area contributed by atoms with E-state index in [9.17, 15) is 9.59 Å². The van der Waals surface area contributed by atoms with Crippen LogP contribution in [0, 0.1) is 0 Å². The molecule has 0 saturated carbocycles. The Morgan fingerprint density at radius 3 is 2.46 bits per heavy atom. The van der Waals surface area contributed by atoms with Crippen LogP contribution in [-0.2, 0) is 16.1 Å². The molecule has 0 aliphatic heterocycles. The zero-order valence-corrected chi connectivity index (χ0v) is 15.8. The first-order chi connectivity index (χ1) is 13.6. The van der Waals surface area contributed by atoms with Gasteiger partial charge in [0.15, 0.2) is 0 Å². The van der Waals surface area contributed by atoms with E-state index in [-0.39, 0.29) is 12.5 Å². The molecule has 0 heterocycles. The van der Waals surface area contributed by atoms with Crippen molar-refractivity contribution in [2.75, 3.05) is 12.4 Å². The van der Waals surface area contributed by atoms with Gasteiger partial charge >= 0.3 is 6.09 Å². The number of amides is 2. The molecule has 0 unspecified atom stereocenters. The molecule has 0 bridgehead atoms. The van der Waals surface area contributed by atoms with Crippen LogP contribution in [0.25, 0.3) is 10.8 Å². The van der Waals surface area contributed by atoms with E-state index in [1.165, 1.54) is 0 Å². The normalized spacial score (nSPS) is 11.5. The molecule has 3 aromatic carbocycles. The maximum absolute atomic E-state index is 12.4. The first-order valence-electron chi connectivity index (χ1n) is 8.91. The van der Waals surface area contributed by atoms with Gasteiger partial charge in [-0.3, -0.25) is 4.79 Å². The first-order valence-corrected chi connectivity index (χ1v) is 8.91. The van der Waals surface area contributed by atoms with Crippen LogP contribution in [0.3, 0.4) is 0 Å². The van der Waals surface area contributed by atoms with Gasteiger partial charge in [-0.05, 0) is 23.9 Å². The quantitative estimate of drug-likeness (QED) is 0.677. The Bertz CT molecular complexity index is 973. The smallest absolute Gasteiger partial charge is 0.408 e. The lowest BCUT2D eigenvalue weighted by Gasteiger charge is -2.15. The number of hydrogen-bond donors (Lipinski definition) is 2. The largest absolute Gasteiger partial charge is 0.496 e. The minimum absolute atomic E-state index is 0.142. The van der Waals surface area contributed by atoms with Crippen LogP contribution in [0.1, 0.15) is 12.5 Å². The molecule has 0 radical (unpaired) electrons. The third kappa shape index (κ3) is 4.79. The topological polar surface area (TPSA) is 76.7 Å². The van der Waals surface area contributed by atoms with Gasteiger partial charge < -0.3 is 20.1 Å². The van der Waals surface area contributed by atoms with E-state index in [0.29, 0.717) is 11.4 Å². The summed E-state index contributed by atoms with van der Waals surface area (Å²) in [6, 6.07) is 19.9. The maximum atomic E-state index is 12.4. The number of carbonyl (C=O) groups is 2. The Kier molecular flexibility index (Phi) is 6.11. The number of rotatable bonds is 6. The van der Waals surface area contributed by atoms with Gasteiger partial charge in [-0.2, -0.15) is 0 Å². The molecule has 144 valence electrons. The van der Waals surface area contributed by atoms with Gasteiger partial charge in [0.25, 0.3) is 0 Å². The van der Waals surface area contributed by atoms with Gasteiger partial charge in [0.1, 0.15) is 18.4 Å². The second kappa shape index (κ2) is 8.90. The summed E-state index contributed by atoms with van der Waals surface area (Å²) in [4.78, 5) is 24.4. The number of fused-ring (bicyclic) bond motifs is 1. The molecular formula is C22H22N2O4. The number of benzene rings is 3. The van der Waals surface area contributed by atoms with Crippen molar-refractivity contribution in [3.05, 3.63) is 72.3 Å². The van der Waals surface area contributed by atoms with Gasteiger partial charge in [-0.1, -0.05) is 54.6 Å². The van der Waals surface area contributed by atoms with E-state index in [2.05, 4.69) is 10.6 Å². The molecular weight excluding hydrogens is 356 g/mol. The van der Waals surface area contributed by atoms with Crippen molar-refractivity contribution in [1.82, 2.24) is 5.32 Å². The zero-order valence-electron chi connectivity index (χ0n) is 15.8. The Morgan fingerprint density at radius 2 is 1.71 bits per heavy atom. The van der Waals surface area contributed by atoms with E-state index in [4.69, 9.17) is 9.47 Å². The lowest BCUT2D eigenvalue weighted by atomic mass is 10.1. The number of hydrogen-bond acceptors (Lipinski definition) is 4. The van der Waals surface area contributed by atoms with Crippen LogP contribution in [0.2, 0.25) is 0 Å². The van der Waals surface area contributed by atoms with Crippen molar-refractivity contribution >= 4 is 28.5 Å². The van der Waals surface area contributed by atoms with Crippen molar-refractivity contribution < 1.29 is 19.1 Å². The number of carbonyl (C=O) groups excluding carboxylic acids is 2. The van der Waals surface area contributed by atoms with Crippen LogP contribution in [0.15, 0.2) is 66.7 Å². The fourth-order valence-electron chi connectivity index (χ4n) is 2.77. The summed E-state index contributed by atoms with van der Waals surface area (Å²) in [5, 5.41) is 7.23. The summed E-state index contributed by atoms with van der Waals surface area (Å²) in [5.41, 5.74) is 1.46. The number of methoxy groups -OCH3 is 1. The second-order valence-electron chi connectivity index (χ2n) is 6.32. The monoisotopic (exact) mass is 378 g/mol. The number of nitrogens with one attached hydrogen (secondary N) is 2. The molecule has 0 fully saturated rings. The summed E-state index contributed by atoms with van der Waals surface area (Å²) in [6.45, 7) is 1.74. The molecule has 2 N–H and O–H groups in total. The molecule has 2 amide bonds.